The van der Waals surface area contributed by atoms with Crippen molar-refractivity contribution in [3.63, 3.8) is 0 Å². The van der Waals surface area contributed by atoms with E-state index in [2.05, 4.69) is 10.3 Å². The van der Waals surface area contributed by atoms with E-state index in [0.717, 1.165) is 0 Å². The minimum atomic E-state index is -3.09. The molecule has 1 saturated heterocycles. The number of sulfone groups is 1. The lowest BCUT2D eigenvalue weighted by Crippen LogP contribution is -2.38. The number of rotatable bonds is 3. The van der Waals surface area contributed by atoms with Gasteiger partial charge in [-0.1, -0.05) is 0 Å². The Morgan fingerprint density at radius 2 is 2.25 bits per heavy atom. The maximum atomic E-state index is 14.0. The van der Waals surface area contributed by atoms with E-state index in [9.17, 15) is 17.6 Å². The first-order chi connectivity index (χ1) is 9.35. The van der Waals surface area contributed by atoms with Gasteiger partial charge in [-0.05, 0) is 12.5 Å². The molecular weight excluding hydrogens is 285 g/mol. The topological polar surface area (TPSA) is 79.4 Å². The molecule has 2 heterocycles. The number of anilines is 1. The van der Waals surface area contributed by atoms with E-state index in [1.807, 2.05) is 0 Å². The molecule has 1 atom stereocenters. The molecule has 1 aliphatic heterocycles. The normalized spacial score (nSPS) is 20.6. The van der Waals surface area contributed by atoms with Crippen LogP contribution in [0.2, 0.25) is 0 Å². The van der Waals surface area contributed by atoms with Crippen LogP contribution in [0.3, 0.4) is 0 Å². The molecule has 1 unspecified atom stereocenters. The number of hydrogen-bond donors (Lipinski definition) is 1. The van der Waals surface area contributed by atoms with Crippen LogP contribution in [0.25, 0.3) is 0 Å². The summed E-state index contributed by atoms with van der Waals surface area (Å²) in [6.45, 7) is 0. The lowest BCUT2D eigenvalue weighted by molar-refractivity contribution is 0.0743. The maximum Gasteiger partial charge on any atom is 0.257 e. The van der Waals surface area contributed by atoms with Crippen molar-refractivity contribution in [2.45, 2.75) is 12.5 Å². The average molecular weight is 301 g/mol. The van der Waals surface area contributed by atoms with Gasteiger partial charge >= 0.3 is 0 Å². The number of halogens is 1. The van der Waals surface area contributed by atoms with Crippen molar-refractivity contribution in [2.24, 2.45) is 0 Å². The van der Waals surface area contributed by atoms with Crippen molar-refractivity contribution < 1.29 is 17.6 Å². The van der Waals surface area contributed by atoms with Crippen LogP contribution in [0, 0.1) is 5.82 Å². The molecule has 0 aromatic carbocycles. The summed E-state index contributed by atoms with van der Waals surface area (Å²) in [7, 11) is -0.0918. The first-order valence-electron chi connectivity index (χ1n) is 6.15. The second kappa shape index (κ2) is 5.35. The number of nitrogens with one attached hydrogen (secondary N) is 1. The highest BCUT2D eigenvalue weighted by atomic mass is 32.2. The number of amides is 1. The molecule has 1 aromatic heterocycles. The summed E-state index contributed by atoms with van der Waals surface area (Å²) in [6, 6.07) is 0.886. The van der Waals surface area contributed by atoms with Gasteiger partial charge < -0.3 is 10.2 Å². The molecule has 0 aliphatic carbocycles. The van der Waals surface area contributed by atoms with E-state index in [4.69, 9.17) is 0 Å². The Morgan fingerprint density at radius 1 is 1.55 bits per heavy atom. The number of hydrogen-bond acceptors (Lipinski definition) is 5. The molecule has 20 heavy (non-hydrogen) atoms. The van der Waals surface area contributed by atoms with Gasteiger partial charge in [0.05, 0.1) is 17.1 Å². The summed E-state index contributed by atoms with van der Waals surface area (Å²) in [5, 5.41) is 2.56. The van der Waals surface area contributed by atoms with Crippen molar-refractivity contribution in [2.75, 3.05) is 30.9 Å². The van der Waals surface area contributed by atoms with Crippen LogP contribution in [0.4, 0.5) is 10.2 Å². The summed E-state index contributed by atoms with van der Waals surface area (Å²) >= 11 is 0. The predicted octanol–water partition coefficient (Wildman–Crippen LogP) is 0.522. The minimum Gasteiger partial charge on any atom is -0.371 e. The molecule has 110 valence electrons. The Morgan fingerprint density at radius 3 is 2.80 bits per heavy atom. The average Bonchev–Trinajstić information content (AvgIpc) is 2.78. The fraction of sp³-hybridized carbons (Fsp3) is 0.500. The van der Waals surface area contributed by atoms with E-state index in [-0.39, 0.29) is 22.9 Å². The zero-order chi connectivity index (χ0) is 14.9. The summed E-state index contributed by atoms with van der Waals surface area (Å²) in [5.41, 5.74) is -0.115. The highest BCUT2D eigenvalue weighted by Gasteiger charge is 2.33. The standard InChI is InChI=1S/C12H16FN3O3S/c1-14-11-10(13)9(3-5-15-11)12(17)16(2)8-4-6-20(18,19)7-8/h3,5,8H,4,6-7H2,1-2H3,(H,14,15). The summed E-state index contributed by atoms with van der Waals surface area (Å²) in [5.74, 6) is -1.28. The lowest BCUT2D eigenvalue weighted by Gasteiger charge is -2.23. The molecule has 1 aromatic rings. The van der Waals surface area contributed by atoms with Gasteiger partial charge in [-0.2, -0.15) is 0 Å². The fourth-order valence-corrected chi connectivity index (χ4v) is 3.99. The quantitative estimate of drug-likeness (QED) is 0.880. The number of pyridine rings is 1. The molecule has 8 heteroatoms. The van der Waals surface area contributed by atoms with Crippen LogP contribution in [0.15, 0.2) is 12.3 Å². The van der Waals surface area contributed by atoms with Gasteiger partial charge in [-0.3, -0.25) is 4.79 Å². The minimum absolute atomic E-state index is 0.0108. The van der Waals surface area contributed by atoms with Gasteiger partial charge in [-0.15, -0.1) is 0 Å². The molecule has 2 rings (SSSR count). The van der Waals surface area contributed by atoms with Crippen LogP contribution in [-0.2, 0) is 9.84 Å². The number of nitrogens with zero attached hydrogens (tertiary/aromatic N) is 2. The largest absolute Gasteiger partial charge is 0.371 e. The Hall–Kier alpha value is -1.70. The Bertz CT molecular complexity index is 633. The summed E-state index contributed by atoms with van der Waals surface area (Å²) < 4.78 is 36.9. The molecule has 1 N–H and O–H groups in total. The van der Waals surface area contributed by atoms with Crippen LogP contribution >= 0.6 is 0 Å². The Balaban J connectivity index is 2.24. The maximum absolute atomic E-state index is 14.0. The molecule has 0 spiro atoms. The summed E-state index contributed by atoms with van der Waals surface area (Å²) in [6.07, 6.45) is 1.72. The highest BCUT2D eigenvalue weighted by molar-refractivity contribution is 7.91. The second-order valence-corrected chi connectivity index (χ2v) is 6.97. The molecule has 0 saturated carbocycles. The van der Waals surface area contributed by atoms with Crippen molar-refractivity contribution in [1.29, 1.82) is 0 Å². The van der Waals surface area contributed by atoms with Crippen LogP contribution < -0.4 is 5.32 Å². The van der Waals surface area contributed by atoms with E-state index >= 15 is 0 Å². The molecule has 0 radical (unpaired) electrons. The van der Waals surface area contributed by atoms with E-state index in [0.29, 0.717) is 6.42 Å². The van der Waals surface area contributed by atoms with Crippen molar-refractivity contribution >= 4 is 21.6 Å². The van der Waals surface area contributed by atoms with Crippen LogP contribution in [0.5, 0.6) is 0 Å². The Labute approximate surface area is 116 Å². The van der Waals surface area contributed by atoms with E-state index in [1.165, 1.54) is 31.3 Å². The lowest BCUT2D eigenvalue weighted by atomic mass is 10.1. The SMILES string of the molecule is CNc1nccc(C(=O)N(C)C2CCS(=O)(=O)C2)c1F. The van der Waals surface area contributed by atoms with Gasteiger partial charge in [0, 0.05) is 26.3 Å². The zero-order valence-electron chi connectivity index (χ0n) is 11.3. The predicted molar refractivity (Wildman–Crippen MR) is 72.9 cm³/mol. The van der Waals surface area contributed by atoms with Gasteiger partial charge in [0.15, 0.2) is 21.5 Å². The third-order valence-corrected chi connectivity index (χ3v) is 5.18. The van der Waals surface area contributed by atoms with Crippen LogP contribution in [0.1, 0.15) is 16.8 Å². The highest BCUT2D eigenvalue weighted by Crippen LogP contribution is 2.21. The molecule has 1 aliphatic rings. The van der Waals surface area contributed by atoms with Crippen molar-refractivity contribution in [1.82, 2.24) is 9.88 Å². The van der Waals surface area contributed by atoms with Gasteiger partial charge in [-0.25, -0.2) is 17.8 Å². The zero-order valence-corrected chi connectivity index (χ0v) is 12.1. The molecule has 1 fully saturated rings. The van der Waals surface area contributed by atoms with Gasteiger partial charge in [0.25, 0.3) is 5.91 Å². The third kappa shape index (κ3) is 2.74. The monoisotopic (exact) mass is 301 g/mol. The molecular formula is C12H16FN3O3S. The molecule has 0 bridgehead atoms. The fourth-order valence-electron chi connectivity index (χ4n) is 2.22. The first kappa shape index (κ1) is 14.7. The molecule has 6 nitrogen and oxygen atoms in total. The second-order valence-electron chi connectivity index (χ2n) is 4.74. The van der Waals surface area contributed by atoms with Crippen molar-refractivity contribution in [3.05, 3.63) is 23.6 Å². The first-order valence-corrected chi connectivity index (χ1v) is 7.97. The smallest absolute Gasteiger partial charge is 0.257 e. The number of carbonyl (C=O) groups excluding carboxylic acids is 1. The molecule has 1 amide bonds. The van der Waals surface area contributed by atoms with Crippen LogP contribution in [-0.4, -0.2) is 55.9 Å². The number of aromatic nitrogens is 1. The number of carbonyl (C=O) groups is 1. The van der Waals surface area contributed by atoms with Gasteiger partial charge in [0.1, 0.15) is 0 Å². The van der Waals surface area contributed by atoms with Crippen molar-refractivity contribution in [3.8, 4) is 0 Å². The van der Waals surface area contributed by atoms with Gasteiger partial charge in [0.2, 0.25) is 0 Å². The Kier molecular flexibility index (Phi) is 3.94. The van der Waals surface area contributed by atoms with E-state index in [1.54, 1.807) is 0 Å². The summed E-state index contributed by atoms with van der Waals surface area (Å²) in [4.78, 5) is 17.3. The third-order valence-electron chi connectivity index (χ3n) is 3.43. The van der Waals surface area contributed by atoms with E-state index < -0.39 is 27.6 Å².